The van der Waals surface area contributed by atoms with Crippen molar-refractivity contribution in [1.82, 2.24) is 0 Å². The highest BCUT2D eigenvalue weighted by Gasteiger charge is 2.05. The topological polar surface area (TPSA) is 20.2 Å². The van der Waals surface area contributed by atoms with Crippen molar-refractivity contribution in [3.63, 3.8) is 0 Å². The van der Waals surface area contributed by atoms with Crippen LogP contribution < -0.4 is 0 Å². The van der Waals surface area contributed by atoms with Gasteiger partial charge in [0.05, 0.1) is 0 Å². The van der Waals surface area contributed by atoms with Gasteiger partial charge in [0.25, 0.3) is 0 Å². The molecule has 12 heavy (non-hydrogen) atoms. The molecule has 2 rings (SSSR count). The molecule has 64 valence electrons. The number of hydrogen-bond acceptors (Lipinski definition) is 3. The zero-order chi connectivity index (χ0) is 8.55. The fourth-order valence-electron chi connectivity index (χ4n) is 1.28. The summed E-state index contributed by atoms with van der Waals surface area (Å²) in [6, 6.07) is 2.21. The Morgan fingerprint density at radius 3 is 3.08 bits per heavy atom. The predicted octanol–water partition coefficient (Wildman–Crippen LogP) is 2.81. The summed E-state index contributed by atoms with van der Waals surface area (Å²) < 4.78 is 2.73. The molecule has 0 unspecified atom stereocenters. The van der Waals surface area contributed by atoms with E-state index < -0.39 is 0 Å². The van der Waals surface area contributed by atoms with Crippen LogP contribution in [0, 0.1) is 6.92 Å². The molecule has 2 aromatic rings. The van der Waals surface area contributed by atoms with Crippen molar-refractivity contribution in [2.45, 2.75) is 13.3 Å². The van der Waals surface area contributed by atoms with Crippen molar-refractivity contribution in [2.75, 3.05) is 6.61 Å². The van der Waals surface area contributed by atoms with E-state index in [9.17, 15) is 0 Å². The van der Waals surface area contributed by atoms with Gasteiger partial charge >= 0.3 is 0 Å². The Kier molecular flexibility index (Phi) is 2.17. The van der Waals surface area contributed by atoms with E-state index >= 15 is 0 Å². The second-order valence-corrected chi connectivity index (χ2v) is 4.95. The Morgan fingerprint density at radius 1 is 1.50 bits per heavy atom. The van der Waals surface area contributed by atoms with Crippen LogP contribution in [0.3, 0.4) is 0 Å². The quantitative estimate of drug-likeness (QED) is 0.786. The molecule has 3 heteroatoms. The largest absolute Gasteiger partial charge is 0.396 e. The molecular formula is C9H10OS2. The van der Waals surface area contributed by atoms with Crippen molar-refractivity contribution in [2.24, 2.45) is 0 Å². The normalized spacial score (nSPS) is 11.2. The molecule has 0 saturated carbocycles. The van der Waals surface area contributed by atoms with Gasteiger partial charge in [-0.2, -0.15) is 0 Å². The van der Waals surface area contributed by atoms with Crippen molar-refractivity contribution >= 4 is 32.1 Å². The van der Waals surface area contributed by atoms with E-state index in [1.807, 2.05) is 11.3 Å². The molecule has 0 aliphatic carbocycles. The van der Waals surface area contributed by atoms with Crippen molar-refractivity contribution in [1.29, 1.82) is 0 Å². The highest BCUT2D eigenvalue weighted by atomic mass is 32.1. The van der Waals surface area contributed by atoms with E-state index in [1.165, 1.54) is 19.8 Å². The van der Waals surface area contributed by atoms with Crippen LogP contribution >= 0.6 is 22.7 Å². The summed E-state index contributed by atoms with van der Waals surface area (Å²) >= 11 is 3.60. The lowest BCUT2D eigenvalue weighted by Crippen LogP contribution is -1.86. The molecule has 0 fully saturated rings. The Hall–Kier alpha value is -0.380. The molecule has 0 aliphatic rings. The standard InChI is InChI=1S/C9H10OS2/c1-6-4-8-9(12-6)7(2-3-10)5-11-8/h4-5,10H,2-3H2,1H3. The summed E-state index contributed by atoms with van der Waals surface area (Å²) in [6.07, 6.45) is 0.792. The van der Waals surface area contributed by atoms with Crippen LogP contribution in [-0.4, -0.2) is 11.7 Å². The minimum absolute atomic E-state index is 0.253. The van der Waals surface area contributed by atoms with E-state index in [-0.39, 0.29) is 6.61 Å². The number of fused-ring (bicyclic) bond motifs is 1. The second-order valence-electron chi connectivity index (χ2n) is 2.78. The first-order valence-electron chi connectivity index (χ1n) is 3.88. The van der Waals surface area contributed by atoms with E-state index in [2.05, 4.69) is 18.4 Å². The van der Waals surface area contributed by atoms with Gasteiger partial charge in [0.2, 0.25) is 0 Å². The molecule has 1 nitrogen and oxygen atoms in total. The summed E-state index contributed by atoms with van der Waals surface area (Å²) in [6.45, 7) is 2.38. The number of rotatable bonds is 2. The molecule has 0 aromatic carbocycles. The molecule has 0 bridgehead atoms. The molecule has 0 amide bonds. The number of hydrogen-bond donors (Lipinski definition) is 1. The summed E-state index contributed by atoms with van der Waals surface area (Å²) in [5.41, 5.74) is 1.30. The number of aliphatic hydroxyl groups is 1. The van der Waals surface area contributed by atoms with Crippen LogP contribution in [0.1, 0.15) is 10.4 Å². The molecule has 0 saturated heterocycles. The molecule has 2 aromatic heterocycles. The Balaban J connectivity index is 2.53. The first-order valence-corrected chi connectivity index (χ1v) is 5.58. The maximum absolute atomic E-state index is 8.81. The maximum atomic E-state index is 8.81. The smallest absolute Gasteiger partial charge is 0.0486 e. The summed E-state index contributed by atoms with van der Waals surface area (Å²) in [5, 5.41) is 11.0. The van der Waals surface area contributed by atoms with Crippen molar-refractivity contribution < 1.29 is 5.11 Å². The van der Waals surface area contributed by atoms with Gasteiger partial charge in [-0.15, -0.1) is 22.7 Å². The van der Waals surface area contributed by atoms with Crippen LogP contribution in [-0.2, 0) is 6.42 Å². The molecule has 0 radical (unpaired) electrons. The van der Waals surface area contributed by atoms with Crippen LogP contribution in [0.15, 0.2) is 11.4 Å². The van der Waals surface area contributed by atoms with Gasteiger partial charge in [-0.25, -0.2) is 0 Å². The Bertz CT molecular complexity index is 386. The first kappa shape index (κ1) is 8.23. The molecule has 0 atom stereocenters. The fraction of sp³-hybridized carbons (Fsp3) is 0.333. The average Bonchev–Trinajstić information content (AvgIpc) is 2.52. The number of aryl methyl sites for hydroxylation is 1. The van der Waals surface area contributed by atoms with Crippen molar-refractivity contribution in [3.05, 3.63) is 21.9 Å². The van der Waals surface area contributed by atoms with Gasteiger partial charge in [0.15, 0.2) is 0 Å². The maximum Gasteiger partial charge on any atom is 0.0486 e. The van der Waals surface area contributed by atoms with Gasteiger partial charge in [-0.05, 0) is 30.4 Å². The minimum Gasteiger partial charge on any atom is -0.396 e. The molecule has 0 spiro atoms. The first-order chi connectivity index (χ1) is 5.81. The predicted molar refractivity (Wildman–Crippen MR) is 55.2 cm³/mol. The lowest BCUT2D eigenvalue weighted by atomic mass is 10.2. The molecule has 1 N–H and O–H groups in total. The van der Waals surface area contributed by atoms with Crippen LogP contribution in [0.5, 0.6) is 0 Å². The zero-order valence-electron chi connectivity index (χ0n) is 6.83. The lowest BCUT2D eigenvalue weighted by Gasteiger charge is -1.90. The van der Waals surface area contributed by atoms with Crippen LogP contribution in [0.4, 0.5) is 0 Å². The zero-order valence-corrected chi connectivity index (χ0v) is 8.47. The van der Waals surface area contributed by atoms with Crippen LogP contribution in [0.25, 0.3) is 9.40 Å². The van der Waals surface area contributed by atoms with E-state index in [4.69, 9.17) is 5.11 Å². The van der Waals surface area contributed by atoms with E-state index in [1.54, 1.807) is 11.3 Å². The average molecular weight is 198 g/mol. The second kappa shape index (κ2) is 3.17. The van der Waals surface area contributed by atoms with Gasteiger partial charge in [0, 0.05) is 20.9 Å². The fourth-order valence-corrected chi connectivity index (χ4v) is 3.64. The van der Waals surface area contributed by atoms with Gasteiger partial charge in [-0.3, -0.25) is 0 Å². The SMILES string of the molecule is Cc1cc2scc(CCO)c2s1. The van der Waals surface area contributed by atoms with Gasteiger partial charge in [0.1, 0.15) is 0 Å². The summed E-state index contributed by atoms with van der Waals surface area (Å²) in [5.74, 6) is 0. The van der Waals surface area contributed by atoms with Gasteiger partial charge in [-0.1, -0.05) is 0 Å². The third-order valence-corrected chi connectivity index (χ3v) is 4.06. The molecule has 0 aliphatic heterocycles. The third-order valence-electron chi connectivity index (χ3n) is 1.82. The monoisotopic (exact) mass is 198 g/mol. The minimum atomic E-state index is 0.253. The van der Waals surface area contributed by atoms with Crippen molar-refractivity contribution in [3.8, 4) is 0 Å². The summed E-state index contributed by atoms with van der Waals surface area (Å²) in [7, 11) is 0. The third kappa shape index (κ3) is 1.28. The molecular weight excluding hydrogens is 188 g/mol. The van der Waals surface area contributed by atoms with E-state index in [0.717, 1.165) is 6.42 Å². The van der Waals surface area contributed by atoms with E-state index in [0.29, 0.717) is 0 Å². The Labute approximate surface area is 79.3 Å². The van der Waals surface area contributed by atoms with Gasteiger partial charge < -0.3 is 5.11 Å². The summed E-state index contributed by atoms with van der Waals surface area (Å²) in [4.78, 5) is 1.36. The number of thiophene rings is 2. The number of aliphatic hydroxyl groups excluding tert-OH is 1. The Morgan fingerprint density at radius 2 is 2.33 bits per heavy atom. The highest BCUT2D eigenvalue weighted by molar-refractivity contribution is 7.27. The van der Waals surface area contributed by atoms with Crippen LogP contribution in [0.2, 0.25) is 0 Å². The highest BCUT2D eigenvalue weighted by Crippen LogP contribution is 2.33. The lowest BCUT2D eigenvalue weighted by molar-refractivity contribution is 0.300. The molecule has 2 heterocycles.